The van der Waals surface area contributed by atoms with E-state index in [2.05, 4.69) is 0 Å². The first-order valence-electron chi connectivity index (χ1n) is 25.6. The number of rotatable bonds is 12. The standard InChI is InChI=1S/C48H62F10O13S3/c49-43(50)20-65-34(66-21-44(43,51)52)30-7-27-3-1-5-40(11-27,14-30)36(59)67-18-39(19-68-38(61)42-13-29-9-32(16-42)48(33(10-29)17-42)70-22-45(53,54)46(55,56)23-71-48)25-72-35(73-26-39)31-8-28-4-2-6-41(12-28,15-31)37(60)69-24-47(57,58)74(62,63)64/h27-35H,1-26H2,(H,62,63,64). The van der Waals surface area contributed by atoms with E-state index in [-0.39, 0.29) is 78.7 Å². The van der Waals surface area contributed by atoms with Crippen LogP contribution in [0.25, 0.3) is 0 Å². The molecular weight excluding hydrogens is 1070 g/mol. The summed E-state index contributed by atoms with van der Waals surface area (Å²) < 4.78 is 214. The van der Waals surface area contributed by atoms with Crippen molar-refractivity contribution < 1.29 is 104 Å². The summed E-state index contributed by atoms with van der Waals surface area (Å²) in [7, 11) is -5.86. The van der Waals surface area contributed by atoms with Crippen LogP contribution in [0.15, 0.2) is 0 Å². The Morgan fingerprint density at radius 1 is 0.581 bits per heavy atom. The number of hydrogen-bond donors (Lipinski definition) is 1. The van der Waals surface area contributed by atoms with Gasteiger partial charge in [0.2, 0.25) is 0 Å². The van der Waals surface area contributed by atoms with E-state index in [1.165, 1.54) is 23.5 Å². The lowest BCUT2D eigenvalue weighted by atomic mass is 9.47. The Balaban J connectivity index is 0.855. The summed E-state index contributed by atoms with van der Waals surface area (Å²) in [5.74, 6) is -23.5. The number of halogens is 10. The van der Waals surface area contributed by atoms with Crippen LogP contribution in [0, 0.1) is 63.1 Å². The van der Waals surface area contributed by atoms with Gasteiger partial charge in [0, 0.05) is 29.3 Å². The van der Waals surface area contributed by atoms with E-state index < -0.39 is 141 Å². The maximum atomic E-state index is 14.6. The van der Waals surface area contributed by atoms with Gasteiger partial charge in [-0.3, -0.25) is 18.9 Å². The van der Waals surface area contributed by atoms with Gasteiger partial charge in [0.05, 0.1) is 26.2 Å². The van der Waals surface area contributed by atoms with Crippen LogP contribution < -0.4 is 0 Å². The van der Waals surface area contributed by atoms with E-state index in [0.29, 0.717) is 77.0 Å². The Morgan fingerprint density at radius 2 is 1.03 bits per heavy atom. The highest BCUT2D eigenvalue weighted by Gasteiger charge is 2.71. The second-order valence-electron chi connectivity index (χ2n) is 23.9. The van der Waals surface area contributed by atoms with Gasteiger partial charge in [-0.2, -0.15) is 52.3 Å². The summed E-state index contributed by atoms with van der Waals surface area (Å²) in [6.07, 6.45) is 5.49. The molecule has 0 radical (unpaired) electrons. The molecule has 0 aromatic rings. The molecule has 8 atom stereocenters. The molecule has 420 valence electrons. The molecule has 8 saturated carbocycles. The normalized spacial score (nSPS) is 42.1. The van der Waals surface area contributed by atoms with Crippen LogP contribution in [0.4, 0.5) is 43.9 Å². The quantitative estimate of drug-likeness (QED) is 0.0848. The van der Waals surface area contributed by atoms with E-state index in [1.807, 2.05) is 0 Å². The van der Waals surface area contributed by atoms with Crippen LogP contribution in [0.2, 0.25) is 0 Å². The SMILES string of the molecule is O=C(OCC1(COC(=O)C23CC4CC(C2)C2(OCC(F)(F)C(F)(F)CO2)C(C4)C3)CSC(C2CC3CCCC(C(=O)OCC(F)(F)S(=O)(=O)O)(C3)C2)SC1)C12CCCC(CC(C3OCC(F)(F)C(F)(F)CO3)C1)C2. The fourth-order valence-corrected chi connectivity index (χ4v) is 18.8. The van der Waals surface area contributed by atoms with E-state index >= 15 is 0 Å². The minimum atomic E-state index is -5.86. The average molecular weight is 1130 g/mol. The molecule has 11 aliphatic rings. The summed E-state index contributed by atoms with van der Waals surface area (Å²) in [6, 6.07) is 0. The van der Waals surface area contributed by atoms with Crippen molar-refractivity contribution in [1.29, 1.82) is 0 Å². The molecule has 26 heteroatoms. The lowest BCUT2D eigenvalue weighted by molar-refractivity contribution is -0.346. The zero-order valence-electron chi connectivity index (χ0n) is 40.4. The Bertz CT molecular complexity index is 2200. The number of thioether (sulfide) groups is 2. The van der Waals surface area contributed by atoms with Gasteiger partial charge in [-0.1, -0.05) is 25.7 Å². The largest absolute Gasteiger partial charge is 0.464 e. The van der Waals surface area contributed by atoms with Gasteiger partial charge >= 0.3 is 57.0 Å². The lowest BCUT2D eigenvalue weighted by Crippen LogP contribution is -2.65. The van der Waals surface area contributed by atoms with Gasteiger partial charge < -0.3 is 33.2 Å². The number of fused-ring (bicyclic) bond motifs is 4. The van der Waals surface area contributed by atoms with Gasteiger partial charge in [-0.25, -0.2) is 0 Å². The molecule has 1 N–H and O–H groups in total. The van der Waals surface area contributed by atoms with Gasteiger partial charge in [0.1, 0.15) is 39.6 Å². The number of carbonyl (C=O) groups excluding carboxylic acids is 3. The van der Waals surface area contributed by atoms with Crippen LogP contribution in [0.5, 0.6) is 0 Å². The van der Waals surface area contributed by atoms with Gasteiger partial charge in [0.25, 0.3) is 0 Å². The lowest BCUT2D eigenvalue weighted by Gasteiger charge is -2.62. The molecule has 0 aromatic carbocycles. The van der Waals surface area contributed by atoms with Crippen molar-refractivity contribution in [3.8, 4) is 0 Å². The predicted molar refractivity (Wildman–Crippen MR) is 241 cm³/mol. The molecule has 8 aliphatic carbocycles. The number of esters is 3. The molecule has 3 heterocycles. The Labute approximate surface area is 430 Å². The number of carbonyl (C=O) groups is 3. The minimum absolute atomic E-state index is 0.0211. The summed E-state index contributed by atoms with van der Waals surface area (Å²) in [5, 5.41) is -4.71. The fourth-order valence-electron chi connectivity index (χ4n) is 15.1. The van der Waals surface area contributed by atoms with E-state index in [9.17, 15) is 66.7 Å². The molecule has 74 heavy (non-hydrogen) atoms. The molecule has 11 rings (SSSR count). The summed E-state index contributed by atoms with van der Waals surface area (Å²) >= 11 is 2.97. The van der Waals surface area contributed by atoms with Crippen molar-refractivity contribution in [2.45, 2.75) is 155 Å². The first kappa shape index (κ1) is 55.5. The highest BCUT2D eigenvalue weighted by molar-refractivity contribution is 8.17. The predicted octanol–water partition coefficient (Wildman–Crippen LogP) is 9.55. The third-order valence-corrected chi connectivity index (χ3v) is 23.3. The third kappa shape index (κ3) is 9.89. The maximum absolute atomic E-state index is 14.6. The van der Waals surface area contributed by atoms with Crippen molar-refractivity contribution in [1.82, 2.24) is 0 Å². The number of hydrogen-bond acceptors (Lipinski definition) is 14. The zero-order chi connectivity index (χ0) is 53.2. The molecule has 3 aliphatic heterocycles. The fraction of sp³-hybridized carbons (Fsp3) is 0.938. The Morgan fingerprint density at radius 3 is 1.54 bits per heavy atom. The van der Waals surface area contributed by atoms with E-state index in [4.69, 9.17) is 37.7 Å². The monoisotopic (exact) mass is 1130 g/mol. The second-order valence-corrected chi connectivity index (χ2v) is 28.1. The number of ether oxygens (including phenoxy) is 7. The molecule has 13 nitrogen and oxygen atoms in total. The van der Waals surface area contributed by atoms with E-state index in [0.717, 1.165) is 6.42 Å². The van der Waals surface area contributed by atoms with Crippen molar-refractivity contribution in [2.24, 2.45) is 63.1 Å². The van der Waals surface area contributed by atoms with E-state index in [1.54, 1.807) is 0 Å². The van der Waals surface area contributed by atoms with Crippen LogP contribution in [0.3, 0.4) is 0 Å². The molecule has 0 aromatic heterocycles. The first-order chi connectivity index (χ1) is 34.5. The summed E-state index contributed by atoms with van der Waals surface area (Å²) in [4.78, 5) is 42.8. The van der Waals surface area contributed by atoms with Crippen LogP contribution in [-0.4, -0.2) is 134 Å². The highest BCUT2D eigenvalue weighted by atomic mass is 32.2. The van der Waals surface area contributed by atoms with Gasteiger partial charge in [0.15, 0.2) is 18.7 Å². The molecule has 0 amide bonds. The molecule has 3 saturated heterocycles. The first-order valence-corrected chi connectivity index (χ1v) is 29.1. The third-order valence-electron chi connectivity index (χ3n) is 18.6. The van der Waals surface area contributed by atoms with Crippen molar-refractivity contribution in [3.05, 3.63) is 0 Å². The maximum Gasteiger partial charge on any atom is 0.402 e. The zero-order valence-corrected chi connectivity index (χ0v) is 42.9. The van der Waals surface area contributed by atoms with Gasteiger partial charge in [-0.15, -0.1) is 23.5 Å². The second kappa shape index (κ2) is 19.2. The molecule has 11 fully saturated rings. The van der Waals surface area contributed by atoms with Crippen LogP contribution in [-0.2, 0) is 57.7 Å². The van der Waals surface area contributed by atoms with Crippen LogP contribution >= 0.6 is 23.5 Å². The minimum Gasteiger partial charge on any atom is -0.464 e. The van der Waals surface area contributed by atoms with Gasteiger partial charge in [-0.05, 0) is 107 Å². The Hall–Kier alpha value is -1.84. The molecule has 8 unspecified atom stereocenters. The smallest absolute Gasteiger partial charge is 0.402 e. The van der Waals surface area contributed by atoms with Crippen molar-refractivity contribution in [3.63, 3.8) is 0 Å². The Kier molecular flexibility index (Phi) is 14.4. The molecular formula is C48H62F10O13S3. The van der Waals surface area contributed by atoms with Crippen molar-refractivity contribution >= 4 is 51.5 Å². The van der Waals surface area contributed by atoms with Crippen molar-refractivity contribution in [2.75, 3.05) is 57.8 Å². The highest BCUT2D eigenvalue weighted by Crippen LogP contribution is 2.67. The molecule has 1 spiro atoms. The summed E-state index contributed by atoms with van der Waals surface area (Å²) in [6.45, 7) is -8.56. The van der Waals surface area contributed by atoms with Crippen LogP contribution in [0.1, 0.15) is 109 Å². The molecule has 8 bridgehead atoms. The summed E-state index contributed by atoms with van der Waals surface area (Å²) in [5.41, 5.74) is -4.48. The average Bonchev–Trinajstić information content (AvgIpc) is 3.50. The number of alkyl halides is 10. The topological polar surface area (TPSA) is 170 Å².